The monoisotopic (exact) mass is 510 g/mol. The number of aryl methyl sites for hydroxylation is 3. The second kappa shape index (κ2) is 8.77. The molecule has 0 N–H and O–H groups in total. The van der Waals surface area contributed by atoms with E-state index >= 15 is 0 Å². The first-order valence-corrected chi connectivity index (χ1v) is 14.1. The van der Waals surface area contributed by atoms with Crippen LogP contribution in [-0.4, -0.2) is 9.97 Å². The molecule has 1 fully saturated rings. The molecule has 7 rings (SSSR count). The van der Waals surface area contributed by atoms with Crippen molar-refractivity contribution in [3.8, 4) is 22.5 Å². The minimum atomic E-state index is 0.414. The van der Waals surface area contributed by atoms with Crippen molar-refractivity contribution in [3.05, 3.63) is 95.2 Å². The predicted molar refractivity (Wildman–Crippen MR) is 162 cm³/mol. The summed E-state index contributed by atoms with van der Waals surface area (Å²) in [5, 5.41) is 4.53. The summed E-state index contributed by atoms with van der Waals surface area (Å²) in [4.78, 5) is 10.0. The highest BCUT2D eigenvalue weighted by atomic mass is 16.3. The molecular weight excluding hydrogens is 476 g/mol. The molecule has 0 amide bonds. The Kier molecular flexibility index (Phi) is 5.42. The maximum absolute atomic E-state index is 6.46. The van der Waals surface area contributed by atoms with E-state index in [2.05, 4.69) is 100 Å². The maximum Gasteiger partial charge on any atom is 0.227 e. The lowest BCUT2D eigenvalue weighted by molar-refractivity contribution is 0.376. The SMILES string of the molecule is Cc1ccc(-c2cc3cc(C4CCC(C)(C)C4)ccc3c(-c3cc(C)cc4c3oc3nc(C)ccc34)n2)cc1. The van der Waals surface area contributed by atoms with Crippen molar-refractivity contribution in [1.29, 1.82) is 0 Å². The minimum Gasteiger partial charge on any atom is -0.437 e. The highest BCUT2D eigenvalue weighted by Gasteiger charge is 2.32. The number of aromatic nitrogens is 2. The zero-order valence-corrected chi connectivity index (χ0v) is 23.4. The molecular formula is C36H34N2O. The highest BCUT2D eigenvalue weighted by molar-refractivity contribution is 6.11. The summed E-state index contributed by atoms with van der Waals surface area (Å²) in [6.45, 7) is 11.1. The molecule has 39 heavy (non-hydrogen) atoms. The van der Waals surface area contributed by atoms with E-state index < -0.39 is 0 Å². The lowest BCUT2D eigenvalue weighted by Crippen LogP contribution is -2.04. The van der Waals surface area contributed by atoms with Gasteiger partial charge in [-0.2, -0.15) is 0 Å². The van der Waals surface area contributed by atoms with Gasteiger partial charge in [0.25, 0.3) is 0 Å². The van der Waals surface area contributed by atoms with E-state index in [4.69, 9.17) is 14.4 Å². The molecule has 0 radical (unpaired) electrons. The first-order valence-electron chi connectivity index (χ1n) is 14.1. The fraction of sp³-hybridized carbons (Fsp3) is 0.278. The Labute approximate surface area is 229 Å². The molecule has 1 unspecified atom stereocenters. The van der Waals surface area contributed by atoms with Crippen molar-refractivity contribution in [3.63, 3.8) is 0 Å². The first kappa shape index (κ1) is 24.1. The van der Waals surface area contributed by atoms with Gasteiger partial charge in [0.15, 0.2) is 0 Å². The summed E-state index contributed by atoms with van der Waals surface area (Å²) in [5.74, 6) is 0.610. The third-order valence-corrected chi connectivity index (χ3v) is 8.62. The maximum atomic E-state index is 6.46. The van der Waals surface area contributed by atoms with E-state index in [1.807, 2.05) is 6.92 Å². The predicted octanol–water partition coefficient (Wildman–Crippen LogP) is 10.1. The fourth-order valence-electron chi connectivity index (χ4n) is 6.50. The molecule has 3 nitrogen and oxygen atoms in total. The van der Waals surface area contributed by atoms with Gasteiger partial charge in [-0.25, -0.2) is 9.97 Å². The van der Waals surface area contributed by atoms with Crippen LogP contribution in [0, 0.1) is 26.2 Å². The molecule has 3 aromatic carbocycles. The van der Waals surface area contributed by atoms with Gasteiger partial charge in [-0.3, -0.25) is 0 Å². The number of nitrogens with zero attached hydrogens (tertiary/aromatic N) is 2. The van der Waals surface area contributed by atoms with Crippen LogP contribution in [-0.2, 0) is 0 Å². The number of benzene rings is 3. The van der Waals surface area contributed by atoms with Crippen LogP contribution in [0.2, 0.25) is 0 Å². The van der Waals surface area contributed by atoms with Crippen molar-refractivity contribution in [1.82, 2.24) is 9.97 Å². The third-order valence-electron chi connectivity index (χ3n) is 8.62. The summed E-state index contributed by atoms with van der Waals surface area (Å²) in [6.07, 6.45) is 3.78. The lowest BCUT2D eigenvalue weighted by Gasteiger charge is -2.18. The van der Waals surface area contributed by atoms with Crippen LogP contribution in [0.1, 0.15) is 61.4 Å². The normalized spacial score (nSPS) is 17.0. The van der Waals surface area contributed by atoms with Gasteiger partial charge in [0, 0.05) is 33.0 Å². The quantitative estimate of drug-likeness (QED) is 0.238. The van der Waals surface area contributed by atoms with Crippen molar-refractivity contribution < 1.29 is 4.42 Å². The molecule has 3 aromatic heterocycles. The summed E-state index contributed by atoms with van der Waals surface area (Å²) in [6, 6.07) is 26.6. The molecule has 6 aromatic rings. The van der Waals surface area contributed by atoms with E-state index in [0.717, 1.165) is 50.0 Å². The average Bonchev–Trinajstić information content (AvgIpc) is 3.46. The Balaban J connectivity index is 1.50. The average molecular weight is 511 g/mol. The smallest absolute Gasteiger partial charge is 0.227 e. The van der Waals surface area contributed by atoms with E-state index in [1.165, 1.54) is 41.3 Å². The Morgan fingerprint density at radius 3 is 2.33 bits per heavy atom. The van der Waals surface area contributed by atoms with Crippen LogP contribution < -0.4 is 0 Å². The second-order valence-electron chi connectivity index (χ2n) is 12.4. The van der Waals surface area contributed by atoms with Gasteiger partial charge < -0.3 is 4.42 Å². The molecule has 0 aliphatic heterocycles. The molecule has 1 saturated carbocycles. The number of pyridine rings is 2. The molecule has 1 atom stereocenters. The van der Waals surface area contributed by atoms with Crippen LogP contribution >= 0.6 is 0 Å². The van der Waals surface area contributed by atoms with Crippen molar-refractivity contribution in [2.75, 3.05) is 0 Å². The van der Waals surface area contributed by atoms with Gasteiger partial charge in [0.1, 0.15) is 5.58 Å². The molecule has 3 heteroatoms. The van der Waals surface area contributed by atoms with Crippen LogP contribution in [0.3, 0.4) is 0 Å². The number of hydrogen-bond acceptors (Lipinski definition) is 3. The molecule has 194 valence electrons. The first-order chi connectivity index (χ1) is 18.7. The molecule has 0 saturated heterocycles. The largest absolute Gasteiger partial charge is 0.437 e. The second-order valence-corrected chi connectivity index (χ2v) is 12.4. The van der Waals surface area contributed by atoms with E-state index in [0.29, 0.717) is 17.0 Å². The summed E-state index contributed by atoms with van der Waals surface area (Å²) >= 11 is 0. The number of fused-ring (bicyclic) bond motifs is 4. The van der Waals surface area contributed by atoms with E-state index in [-0.39, 0.29) is 0 Å². The van der Waals surface area contributed by atoms with Crippen LogP contribution in [0.5, 0.6) is 0 Å². The van der Waals surface area contributed by atoms with Crippen molar-refractivity contribution >= 4 is 32.8 Å². The van der Waals surface area contributed by atoms with E-state index in [9.17, 15) is 0 Å². The zero-order chi connectivity index (χ0) is 26.9. The van der Waals surface area contributed by atoms with Gasteiger partial charge >= 0.3 is 0 Å². The van der Waals surface area contributed by atoms with Crippen LogP contribution in [0.25, 0.3) is 55.4 Å². The van der Waals surface area contributed by atoms with Crippen molar-refractivity contribution in [2.24, 2.45) is 5.41 Å². The standard InChI is InChI=1S/C36H34N2O/c1-21-6-9-24(10-7-21)32-19-27-18-25(26-14-15-36(4,5)20-26)11-13-28(27)33(38-32)31-17-22(2)16-30-29-12-8-23(3)37-35(29)39-34(30)31/h6-13,16-19,26H,14-15,20H2,1-5H3. The summed E-state index contributed by atoms with van der Waals surface area (Å²) in [7, 11) is 0. The van der Waals surface area contributed by atoms with Crippen LogP contribution in [0.15, 0.2) is 77.2 Å². The topological polar surface area (TPSA) is 38.9 Å². The summed E-state index contributed by atoms with van der Waals surface area (Å²) in [5.41, 5.74) is 10.9. The Morgan fingerprint density at radius 2 is 1.56 bits per heavy atom. The molecule has 1 aliphatic rings. The molecule has 0 bridgehead atoms. The third kappa shape index (κ3) is 4.21. The summed E-state index contributed by atoms with van der Waals surface area (Å²) < 4.78 is 6.46. The van der Waals surface area contributed by atoms with Crippen LogP contribution in [0.4, 0.5) is 0 Å². The lowest BCUT2D eigenvalue weighted by atomic mass is 9.87. The number of hydrogen-bond donors (Lipinski definition) is 0. The molecule has 3 heterocycles. The van der Waals surface area contributed by atoms with E-state index in [1.54, 1.807) is 0 Å². The Bertz CT molecular complexity index is 1890. The van der Waals surface area contributed by atoms with Gasteiger partial charge in [-0.15, -0.1) is 0 Å². The fourth-order valence-corrected chi connectivity index (χ4v) is 6.50. The number of rotatable bonds is 3. The Morgan fingerprint density at radius 1 is 0.769 bits per heavy atom. The highest BCUT2D eigenvalue weighted by Crippen LogP contribution is 2.47. The van der Waals surface area contributed by atoms with Gasteiger partial charge in [0.05, 0.1) is 11.4 Å². The van der Waals surface area contributed by atoms with Gasteiger partial charge in [0.2, 0.25) is 5.71 Å². The number of furan rings is 1. The molecule has 0 spiro atoms. The zero-order valence-electron chi connectivity index (χ0n) is 23.4. The van der Waals surface area contributed by atoms with Gasteiger partial charge in [-0.1, -0.05) is 61.9 Å². The minimum absolute atomic E-state index is 0.414. The Hall–Kier alpha value is -3.98. The van der Waals surface area contributed by atoms with Gasteiger partial charge in [-0.05, 0) is 98.2 Å². The molecule has 1 aliphatic carbocycles. The van der Waals surface area contributed by atoms with Crippen molar-refractivity contribution in [2.45, 2.75) is 59.8 Å².